The smallest absolute Gasteiger partial charge is 0.130 e. The van der Waals surface area contributed by atoms with E-state index in [1.54, 1.807) is 6.07 Å². The average Bonchev–Trinajstić information content (AvgIpc) is 2.73. The number of halogens is 1. The van der Waals surface area contributed by atoms with Crippen LogP contribution >= 0.6 is 0 Å². The van der Waals surface area contributed by atoms with Gasteiger partial charge in [0.25, 0.3) is 0 Å². The highest BCUT2D eigenvalue weighted by Crippen LogP contribution is 2.32. The topological polar surface area (TPSA) is 48.8 Å². The first-order valence-corrected chi connectivity index (χ1v) is 10.5. The third-order valence-corrected chi connectivity index (χ3v) is 6.17. The van der Waals surface area contributed by atoms with Gasteiger partial charge in [-0.1, -0.05) is 18.2 Å². The second kappa shape index (κ2) is 8.78. The van der Waals surface area contributed by atoms with Gasteiger partial charge in [-0.3, -0.25) is 4.90 Å². The molecule has 0 bridgehead atoms. The van der Waals surface area contributed by atoms with Crippen LogP contribution in [-0.4, -0.2) is 60.0 Å². The Bertz CT molecular complexity index is 837. The quantitative estimate of drug-likeness (QED) is 0.838. The fraction of sp³-hybridized carbons (Fsp3) is 0.522. The number of aliphatic hydroxyl groups excluding tert-OH is 1. The lowest BCUT2D eigenvalue weighted by Crippen LogP contribution is -2.57. The van der Waals surface area contributed by atoms with Gasteiger partial charge < -0.3 is 14.7 Å². The maximum Gasteiger partial charge on any atom is 0.130 e. The minimum Gasteiger partial charge on any atom is -0.396 e. The van der Waals surface area contributed by atoms with Gasteiger partial charge in [-0.25, -0.2) is 9.37 Å². The maximum absolute atomic E-state index is 14.7. The summed E-state index contributed by atoms with van der Waals surface area (Å²) < 4.78 is 20.9. The average molecular weight is 400 g/mol. The van der Waals surface area contributed by atoms with E-state index in [0.29, 0.717) is 30.7 Å². The summed E-state index contributed by atoms with van der Waals surface area (Å²) in [5.41, 5.74) is 2.38. The van der Waals surface area contributed by atoms with Gasteiger partial charge in [0, 0.05) is 51.1 Å². The van der Waals surface area contributed by atoms with Crippen LogP contribution in [0.4, 0.5) is 10.2 Å². The molecule has 1 N–H and O–H groups in total. The molecule has 1 spiro atoms. The van der Waals surface area contributed by atoms with Crippen molar-refractivity contribution in [3.63, 3.8) is 0 Å². The summed E-state index contributed by atoms with van der Waals surface area (Å²) in [6, 6.07) is 9.64. The molecule has 0 amide bonds. The molecular weight excluding hydrogens is 369 g/mol. The molecule has 2 aliphatic rings. The van der Waals surface area contributed by atoms with Crippen molar-refractivity contribution in [3.05, 3.63) is 59.0 Å². The van der Waals surface area contributed by atoms with Gasteiger partial charge >= 0.3 is 0 Å². The zero-order valence-corrected chi connectivity index (χ0v) is 17.1. The van der Waals surface area contributed by atoms with Gasteiger partial charge in [-0.2, -0.15) is 0 Å². The first-order valence-electron chi connectivity index (χ1n) is 10.5. The van der Waals surface area contributed by atoms with Crippen LogP contribution in [0, 0.1) is 12.7 Å². The van der Waals surface area contributed by atoms with Crippen molar-refractivity contribution >= 4 is 5.82 Å². The number of hydrogen-bond donors (Lipinski definition) is 1. The zero-order chi connectivity index (χ0) is 20.3. The molecule has 1 aromatic carbocycles. The van der Waals surface area contributed by atoms with Gasteiger partial charge in [0.2, 0.25) is 0 Å². The largest absolute Gasteiger partial charge is 0.396 e. The third-order valence-electron chi connectivity index (χ3n) is 6.17. The van der Waals surface area contributed by atoms with Crippen LogP contribution < -0.4 is 4.90 Å². The summed E-state index contributed by atoms with van der Waals surface area (Å²) in [5.74, 6) is 0.852. The molecule has 0 unspecified atom stereocenters. The standard InChI is InChI=1S/C23H30FN3O2/c1-18-5-9-25-21(15-18)27-12-14-29-23(17-27)7-10-26(11-8-23)16-20-4-2-3-19(6-13-28)22(20)24/h2-5,9,15,28H,6-8,10-14,16-17H2,1H3. The van der Waals surface area contributed by atoms with E-state index in [4.69, 9.17) is 9.84 Å². The Morgan fingerprint density at radius 1 is 1.17 bits per heavy atom. The number of nitrogens with zero attached hydrogens (tertiary/aromatic N) is 3. The van der Waals surface area contributed by atoms with E-state index in [9.17, 15) is 4.39 Å². The van der Waals surface area contributed by atoms with Gasteiger partial charge in [-0.05, 0) is 49.4 Å². The minimum absolute atomic E-state index is 0.0315. The molecule has 2 saturated heterocycles. The summed E-state index contributed by atoms with van der Waals surface area (Å²) >= 11 is 0. The normalized spacial score (nSPS) is 19.6. The first kappa shape index (κ1) is 20.3. The van der Waals surface area contributed by atoms with Crippen LogP contribution in [0.5, 0.6) is 0 Å². The Morgan fingerprint density at radius 3 is 2.72 bits per heavy atom. The van der Waals surface area contributed by atoms with Gasteiger partial charge in [0.1, 0.15) is 11.6 Å². The molecule has 29 heavy (non-hydrogen) atoms. The van der Waals surface area contributed by atoms with E-state index in [1.165, 1.54) is 5.56 Å². The molecule has 5 nitrogen and oxygen atoms in total. The van der Waals surface area contributed by atoms with Crippen LogP contribution in [0.1, 0.15) is 29.5 Å². The SMILES string of the molecule is Cc1ccnc(N2CCOC3(CCN(Cc4cccc(CCO)c4F)CC3)C2)c1. The zero-order valence-electron chi connectivity index (χ0n) is 17.1. The number of rotatable bonds is 5. The van der Waals surface area contributed by atoms with Gasteiger partial charge in [-0.15, -0.1) is 0 Å². The van der Waals surface area contributed by atoms with Crippen LogP contribution in [-0.2, 0) is 17.7 Å². The predicted octanol–water partition coefficient (Wildman–Crippen LogP) is 2.94. The Morgan fingerprint density at radius 2 is 1.97 bits per heavy atom. The lowest BCUT2D eigenvalue weighted by Gasteiger charge is -2.47. The molecule has 2 aromatic rings. The first-order chi connectivity index (χ1) is 14.1. The number of aromatic nitrogens is 1. The van der Waals surface area contributed by atoms with Crippen molar-refractivity contribution in [1.29, 1.82) is 0 Å². The number of aliphatic hydroxyl groups is 1. The third kappa shape index (κ3) is 4.60. The summed E-state index contributed by atoms with van der Waals surface area (Å²) in [7, 11) is 0. The highest BCUT2D eigenvalue weighted by Gasteiger charge is 2.40. The number of aryl methyl sites for hydroxylation is 1. The molecule has 0 aliphatic carbocycles. The summed E-state index contributed by atoms with van der Waals surface area (Å²) in [4.78, 5) is 9.19. The second-order valence-corrected chi connectivity index (χ2v) is 8.28. The Hall–Kier alpha value is -2.02. The molecule has 3 heterocycles. The van der Waals surface area contributed by atoms with Crippen LogP contribution in [0.25, 0.3) is 0 Å². The van der Waals surface area contributed by atoms with E-state index in [1.807, 2.05) is 24.4 Å². The van der Waals surface area contributed by atoms with Crippen molar-refractivity contribution in [3.8, 4) is 0 Å². The number of morpholine rings is 1. The molecule has 156 valence electrons. The Kier molecular flexibility index (Phi) is 6.13. The lowest BCUT2D eigenvalue weighted by atomic mass is 9.89. The van der Waals surface area contributed by atoms with Crippen LogP contribution in [0.2, 0.25) is 0 Å². The number of anilines is 1. The van der Waals surface area contributed by atoms with Crippen LogP contribution in [0.3, 0.4) is 0 Å². The number of benzene rings is 1. The molecule has 0 radical (unpaired) electrons. The predicted molar refractivity (Wildman–Crippen MR) is 112 cm³/mol. The summed E-state index contributed by atoms with van der Waals surface area (Å²) in [5, 5.41) is 9.12. The summed E-state index contributed by atoms with van der Waals surface area (Å²) in [6.07, 6.45) is 4.11. The number of hydrogen-bond acceptors (Lipinski definition) is 5. The highest BCUT2D eigenvalue weighted by molar-refractivity contribution is 5.41. The fourth-order valence-electron chi connectivity index (χ4n) is 4.46. The van der Waals surface area contributed by atoms with Gasteiger partial charge in [0.15, 0.2) is 0 Å². The molecule has 6 heteroatoms. The molecule has 2 fully saturated rings. The Labute approximate surface area is 172 Å². The van der Waals surface area contributed by atoms with Crippen molar-refractivity contribution in [2.75, 3.05) is 44.3 Å². The number of piperidine rings is 1. The second-order valence-electron chi connectivity index (χ2n) is 8.28. The van der Waals surface area contributed by atoms with Crippen molar-refractivity contribution in [2.45, 2.75) is 38.3 Å². The van der Waals surface area contributed by atoms with E-state index < -0.39 is 0 Å². The molecule has 2 aliphatic heterocycles. The lowest BCUT2D eigenvalue weighted by molar-refractivity contribution is -0.0923. The molecule has 1 aromatic heterocycles. The minimum atomic E-state index is -0.174. The number of likely N-dealkylation sites (tertiary alicyclic amines) is 1. The fourth-order valence-corrected chi connectivity index (χ4v) is 4.46. The van der Waals surface area contributed by atoms with Crippen LogP contribution in [0.15, 0.2) is 36.5 Å². The van der Waals surface area contributed by atoms with E-state index in [-0.39, 0.29) is 18.0 Å². The molecule has 0 saturated carbocycles. The van der Waals surface area contributed by atoms with E-state index >= 15 is 0 Å². The molecule has 0 atom stereocenters. The molecular formula is C23H30FN3O2. The van der Waals surface area contributed by atoms with Crippen molar-refractivity contribution < 1.29 is 14.2 Å². The number of pyridine rings is 1. The number of ether oxygens (including phenoxy) is 1. The maximum atomic E-state index is 14.7. The molecule has 4 rings (SSSR count). The van der Waals surface area contributed by atoms with Gasteiger partial charge in [0.05, 0.1) is 12.2 Å². The Balaban J connectivity index is 1.38. The van der Waals surface area contributed by atoms with Crippen molar-refractivity contribution in [1.82, 2.24) is 9.88 Å². The monoisotopic (exact) mass is 399 g/mol. The van der Waals surface area contributed by atoms with E-state index in [0.717, 1.165) is 44.8 Å². The van der Waals surface area contributed by atoms with E-state index in [2.05, 4.69) is 27.8 Å². The van der Waals surface area contributed by atoms with Crippen molar-refractivity contribution in [2.24, 2.45) is 0 Å². The highest BCUT2D eigenvalue weighted by atomic mass is 19.1. The summed E-state index contributed by atoms with van der Waals surface area (Å²) in [6.45, 7) is 6.88.